The van der Waals surface area contributed by atoms with Crippen molar-refractivity contribution in [1.82, 2.24) is 25.6 Å². The zero-order valence-electron chi connectivity index (χ0n) is 28.7. The molecule has 0 aliphatic carbocycles. The normalized spacial score (nSPS) is 12.9. The van der Waals surface area contributed by atoms with E-state index in [1.54, 1.807) is 11.8 Å². The van der Waals surface area contributed by atoms with E-state index in [1.807, 2.05) is 88.0 Å². The van der Waals surface area contributed by atoms with Crippen molar-refractivity contribution in [2.45, 2.75) is 79.0 Å². The SMILES string of the molecule is CNCCOCCn1nnc2c1-c1ccccc1CN(C(=O)CCC(=O)NCCC(C)(C)OCCC(C)(C)C(C)=O)c1ccccc1-2. The lowest BCUT2D eigenvalue weighted by Crippen LogP contribution is -2.35. The van der Waals surface area contributed by atoms with Gasteiger partial charge < -0.3 is 25.0 Å². The van der Waals surface area contributed by atoms with Crippen molar-refractivity contribution in [2.24, 2.45) is 5.41 Å². The summed E-state index contributed by atoms with van der Waals surface area (Å²) in [5.41, 5.74) is 4.19. The van der Waals surface area contributed by atoms with E-state index in [4.69, 9.17) is 9.47 Å². The molecule has 0 saturated carbocycles. The summed E-state index contributed by atoms with van der Waals surface area (Å²) in [5, 5.41) is 15.1. The maximum atomic E-state index is 13.8. The molecule has 0 radical (unpaired) electrons. The first-order chi connectivity index (χ1) is 22.4. The fraction of sp³-hybridized carbons (Fsp3) is 0.528. The summed E-state index contributed by atoms with van der Waals surface area (Å²) in [5.74, 6) is -0.193. The predicted molar refractivity (Wildman–Crippen MR) is 183 cm³/mol. The van der Waals surface area contributed by atoms with E-state index in [2.05, 4.69) is 20.9 Å². The Hall–Kier alpha value is -3.93. The Morgan fingerprint density at radius 3 is 2.36 bits per heavy atom. The van der Waals surface area contributed by atoms with E-state index < -0.39 is 11.0 Å². The number of para-hydroxylation sites is 1. The van der Waals surface area contributed by atoms with E-state index in [1.165, 1.54) is 0 Å². The van der Waals surface area contributed by atoms with Crippen LogP contribution < -0.4 is 15.5 Å². The molecule has 2 aromatic carbocycles. The first-order valence-electron chi connectivity index (χ1n) is 16.5. The minimum Gasteiger partial charge on any atom is -0.378 e. The molecular formula is C36H50N6O5. The average Bonchev–Trinajstić information content (AvgIpc) is 3.44. The second kappa shape index (κ2) is 16.3. The maximum Gasteiger partial charge on any atom is 0.227 e. The number of benzene rings is 2. The third-order valence-corrected chi connectivity index (χ3v) is 8.82. The van der Waals surface area contributed by atoms with Gasteiger partial charge in [0.15, 0.2) is 0 Å². The number of aromatic nitrogens is 3. The molecule has 0 fully saturated rings. The fourth-order valence-electron chi connectivity index (χ4n) is 5.40. The fourth-order valence-corrected chi connectivity index (χ4v) is 5.40. The van der Waals surface area contributed by atoms with Gasteiger partial charge in [0.1, 0.15) is 11.5 Å². The molecule has 3 aromatic rings. The molecule has 11 heteroatoms. The average molecular weight is 647 g/mol. The summed E-state index contributed by atoms with van der Waals surface area (Å²) < 4.78 is 13.7. The number of carbonyl (C=O) groups is 3. The van der Waals surface area contributed by atoms with Crippen LogP contribution in [0.25, 0.3) is 22.5 Å². The summed E-state index contributed by atoms with van der Waals surface area (Å²) in [6, 6.07) is 15.7. The summed E-state index contributed by atoms with van der Waals surface area (Å²) in [7, 11) is 1.89. The molecule has 11 nitrogen and oxygen atoms in total. The molecule has 2 amide bonds. The molecule has 0 unspecified atom stereocenters. The van der Waals surface area contributed by atoms with Crippen molar-refractivity contribution < 1.29 is 23.9 Å². The second-order valence-electron chi connectivity index (χ2n) is 13.3. The van der Waals surface area contributed by atoms with Crippen LogP contribution in [0.5, 0.6) is 0 Å². The van der Waals surface area contributed by atoms with E-state index in [-0.39, 0.29) is 30.4 Å². The Morgan fingerprint density at radius 2 is 1.62 bits per heavy atom. The minimum atomic E-state index is -0.460. The predicted octanol–water partition coefficient (Wildman–Crippen LogP) is 4.78. The zero-order chi connectivity index (χ0) is 34.0. The molecule has 1 aliphatic rings. The van der Waals surface area contributed by atoms with Gasteiger partial charge in [0.2, 0.25) is 11.8 Å². The van der Waals surface area contributed by atoms with Gasteiger partial charge in [-0.05, 0) is 52.3 Å². The number of ketones is 1. The quantitative estimate of drug-likeness (QED) is 0.201. The number of rotatable bonds is 17. The Kier molecular flexibility index (Phi) is 12.4. The molecule has 0 spiro atoms. The number of anilines is 1. The number of fused-ring (bicyclic) bond motifs is 5. The summed E-state index contributed by atoms with van der Waals surface area (Å²) in [4.78, 5) is 40.2. The highest BCUT2D eigenvalue weighted by atomic mass is 16.5. The van der Waals surface area contributed by atoms with Crippen LogP contribution in [0.1, 0.15) is 65.9 Å². The molecular weight excluding hydrogens is 596 g/mol. The van der Waals surface area contributed by atoms with Crippen molar-refractivity contribution in [3.63, 3.8) is 0 Å². The molecule has 0 bridgehead atoms. The number of likely N-dealkylation sites (N-methyl/N-ethyl adjacent to an activating group) is 1. The third-order valence-electron chi connectivity index (χ3n) is 8.82. The highest BCUT2D eigenvalue weighted by Crippen LogP contribution is 2.41. The highest BCUT2D eigenvalue weighted by Gasteiger charge is 2.29. The van der Waals surface area contributed by atoms with Crippen LogP contribution in [0.2, 0.25) is 0 Å². The van der Waals surface area contributed by atoms with Gasteiger partial charge in [0, 0.05) is 49.1 Å². The molecule has 2 N–H and O–H groups in total. The number of nitrogens with one attached hydrogen (secondary N) is 2. The van der Waals surface area contributed by atoms with Crippen LogP contribution in [-0.4, -0.2) is 78.2 Å². The van der Waals surface area contributed by atoms with Gasteiger partial charge in [-0.25, -0.2) is 4.68 Å². The Bertz CT molecular complexity index is 1530. The standard InChI is InChI=1S/C36H50N6O5/c1-26(43)35(2,3)18-22-47-36(4,5)17-19-38-31(44)15-16-32(45)41-25-27-11-7-8-12-28(27)34-33(29-13-9-10-14-30(29)41)39-40-42(34)21-24-46-23-20-37-6/h7-14,37H,15-25H2,1-6H3,(H,38,44). The number of amides is 2. The third kappa shape index (κ3) is 9.56. The van der Waals surface area contributed by atoms with Gasteiger partial charge in [-0.1, -0.05) is 61.5 Å². The second-order valence-corrected chi connectivity index (χ2v) is 13.3. The minimum absolute atomic E-state index is 0.0614. The lowest BCUT2D eigenvalue weighted by atomic mass is 9.86. The number of nitrogens with zero attached hydrogens (tertiary/aromatic N) is 4. The first kappa shape index (κ1) is 35.9. The Balaban J connectivity index is 1.41. The largest absolute Gasteiger partial charge is 0.378 e. The van der Waals surface area contributed by atoms with E-state index in [9.17, 15) is 14.4 Å². The number of ether oxygens (including phenoxy) is 2. The lowest BCUT2D eigenvalue weighted by Gasteiger charge is -2.29. The van der Waals surface area contributed by atoms with E-state index in [0.717, 1.165) is 34.6 Å². The molecule has 1 aliphatic heterocycles. The van der Waals surface area contributed by atoms with Crippen molar-refractivity contribution in [2.75, 3.05) is 44.9 Å². The van der Waals surface area contributed by atoms with Crippen LogP contribution in [0.15, 0.2) is 48.5 Å². The first-order valence-corrected chi connectivity index (χ1v) is 16.5. The van der Waals surface area contributed by atoms with Crippen molar-refractivity contribution >= 4 is 23.3 Å². The molecule has 2 heterocycles. The number of hydrogen-bond donors (Lipinski definition) is 2. The van der Waals surface area contributed by atoms with Crippen molar-refractivity contribution in [3.05, 3.63) is 54.1 Å². The van der Waals surface area contributed by atoms with Crippen molar-refractivity contribution in [3.8, 4) is 22.5 Å². The van der Waals surface area contributed by atoms with Crippen LogP contribution in [0, 0.1) is 5.41 Å². The van der Waals surface area contributed by atoms with Crippen LogP contribution in [0.4, 0.5) is 5.69 Å². The van der Waals surface area contributed by atoms with Crippen LogP contribution >= 0.6 is 0 Å². The number of carbonyl (C=O) groups excluding carboxylic acids is 3. The van der Waals surface area contributed by atoms with Gasteiger partial charge in [-0.2, -0.15) is 0 Å². The van der Waals surface area contributed by atoms with Gasteiger partial charge in [0.05, 0.1) is 43.3 Å². The molecule has 1 aromatic heterocycles. The zero-order valence-corrected chi connectivity index (χ0v) is 28.7. The van der Waals surface area contributed by atoms with Crippen LogP contribution in [-0.2, 0) is 36.9 Å². The van der Waals surface area contributed by atoms with Crippen LogP contribution in [0.3, 0.4) is 0 Å². The maximum absolute atomic E-state index is 13.8. The highest BCUT2D eigenvalue weighted by molar-refractivity contribution is 6.01. The van der Waals surface area contributed by atoms with Crippen molar-refractivity contribution in [1.29, 1.82) is 0 Å². The van der Waals surface area contributed by atoms with Gasteiger partial charge in [-0.3, -0.25) is 14.4 Å². The molecule has 0 atom stereocenters. The molecule has 47 heavy (non-hydrogen) atoms. The van der Waals surface area contributed by atoms with Gasteiger partial charge >= 0.3 is 0 Å². The molecule has 4 rings (SSSR count). The Labute approximate surface area is 278 Å². The van der Waals surface area contributed by atoms with E-state index in [0.29, 0.717) is 58.0 Å². The lowest BCUT2D eigenvalue weighted by molar-refractivity contribution is -0.127. The topological polar surface area (TPSA) is 128 Å². The molecule has 254 valence electrons. The smallest absolute Gasteiger partial charge is 0.227 e. The number of hydrogen-bond acceptors (Lipinski definition) is 8. The number of Topliss-reactive ketones (excluding diaryl/α,β-unsaturated/α-hetero) is 1. The summed E-state index contributed by atoms with van der Waals surface area (Å²) in [6.45, 7) is 13.1. The summed E-state index contributed by atoms with van der Waals surface area (Å²) in [6.07, 6.45) is 1.37. The van der Waals surface area contributed by atoms with Gasteiger partial charge in [0.25, 0.3) is 0 Å². The monoisotopic (exact) mass is 646 g/mol. The van der Waals surface area contributed by atoms with Gasteiger partial charge in [-0.15, -0.1) is 5.10 Å². The molecule has 0 saturated heterocycles. The summed E-state index contributed by atoms with van der Waals surface area (Å²) >= 11 is 0. The Morgan fingerprint density at radius 1 is 0.894 bits per heavy atom. The van der Waals surface area contributed by atoms with E-state index >= 15 is 0 Å².